The average molecular weight is 346 g/mol. The van der Waals surface area contributed by atoms with E-state index in [0.29, 0.717) is 5.92 Å². The van der Waals surface area contributed by atoms with E-state index in [1.807, 2.05) is 29.0 Å². The van der Waals surface area contributed by atoms with Gasteiger partial charge >= 0.3 is 0 Å². The molecule has 3 atom stereocenters. The molecular weight excluding hydrogens is 324 g/mol. The number of fused-ring (bicyclic) bond motifs is 1. The van der Waals surface area contributed by atoms with Gasteiger partial charge in [0.05, 0.1) is 30.5 Å². The minimum Gasteiger partial charge on any atom is -0.468 e. The van der Waals surface area contributed by atoms with Crippen LogP contribution in [0.2, 0.25) is 0 Å². The van der Waals surface area contributed by atoms with Gasteiger partial charge in [0.1, 0.15) is 5.76 Å². The molecule has 2 aliphatic rings. The molecule has 5 nitrogen and oxygen atoms in total. The molecule has 1 amide bonds. The Hall–Kier alpha value is -1.63. The van der Waals surface area contributed by atoms with Crippen molar-refractivity contribution in [3.63, 3.8) is 0 Å². The fourth-order valence-electron chi connectivity index (χ4n) is 4.08. The number of hydrogen-bond donors (Lipinski definition) is 0. The molecule has 2 saturated heterocycles. The monoisotopic (exact) mass is 346 g/mol. The number of likely N-dealkylation sites (tertiary alicyclic amines) is 2. The molecule has 0 aromatic carbocycles. The Morgan fingerprint density at radius 2 is 2.33 bits per heavy atom. The summed E-state index contributed by atoms with van der Waals surface area (Å²) in [6.45, 7) is 3.37. The van der Waals surface area contributed by atoms with Gasteiger partial charge in [-0.15, -0.1) is 0 Å². The van der Waals surface area contributed by atoms with E-state index in [1.165, 1.54) is 0 Å². The zero-order valence-corrected chi connectivity index (χ0v) is 14.6. The summed E-state index contributed by atoms with van der Waals surface area (Å²) < 4.78 is 11.2. The van der Waals surface area contributed by atoms with E-state index in [1.54, 1.807) is 24.7 Å². The third-order valence-electron chi connectivity index (χ3n) is 5.23. The Morgan fingerprint density at radius 1 is 1.42 bits per heavy atom. The Kier molecular flexibility index (Phi) is 4.43. The van der Waals surface area contributed by atoms with Gasteiger partial charge in [-0.3, -0.25) is 9.69 Å². The van der Waals surface area contributed by atoms with Gasteiger partial charge in [-0.1, -0.05) is 0 Å². The maximum absolute atomic E-state index is 12.9. The first kappa shape index (κ1) is 15.9. The van der Waals surface area contributed by atoms with Crippen LogP contribution in [-0.4, -0.2) is 54.6 Å². The minimum atomic E-state index is 0.153. The van der Waals surface area contributed by atoms with Crippen LogP contribution in [-0.2, 0) is 11.3 Å². The van der Waals surface area contributed by atoms with Gasteiger partial charge in [0.15, 0.2) is 0 Å². The molecule has 0 radical (unpaired) electrons. The Labute approximate surface area is 145 Å². The van der Waals surface area contributed by atoms with E-state index in [-0.39, 0.29) is 18.1 Å². The first-order chi connectivity index (χ1) is 11.8. The van der Waals surface area contributed by atoms with Crippen molar-refractivity contribution >= 4 is 17.2 Å². The van der Waals surface area contributed by atoms with Crippen molar-refractivity contribution in [2.75, 3.05) is 26.7 Å². The third-order valence-corrected chi connectivity index (χ3v) is 5.92. The molecule has 4 heterocycles. The summed E-state index contributed by atoms with van der Waals surface area (Å²) in [6, 6.07) is 6.05. The lowest BCUT2D eigenvalue weighted by molar-refractivity contribution is -0.0156. The number of furan rings is 1. The van der Waals surface area contributed by atoms with E-state index < -0.39 is 0 Å². The third kappa shape index (κ3) is 2.90. The van der Waals surface area contributed by atoms with Crippen molar-refractivity contribution < 1.29 is 13.9 Å². The SMILES string of the molecule is CO[C@@H]1CCN(C(=O)c2ccsc2)[C@H]2CN(Cc3ccco3)C[C@@H]12. The second-order valence-electron chi connectivity index (χ2n) is 6.58. The number of nitrogens with zero attached hydrogens (tertiary/aromatic N) is 2. The molecule has 0 N–H and O–H groups in total. The first-order valence-electron chi connectivity index (χ1n) is 8.37. The highest BCUT2D eigenvalue weighted by Crippen LogP contribution is 2.34. The summed E-state index contributed by atoms with van der Waals surface area (Å²) in [5.74, 6) is 1.49. The highest BCUT2D eigenvalue weighted by molar-refractivity contribution is 7.08. The predicted octanol–water partition coefficient (Wildman–Crippen LogP) is 2.70. The lowest BCUT2D eigenvalue weighted by Crippen LogP contribution is -2.53. The molecule has 6 heteroatoms. The highest BCUT2D eigenvalue weighted by atomic mass is 32.1. The van der Waals surface area contributed by atoms with Gasteiger partial charge in [-0.25, -0.2) is 0 Å². The van der Waals surface area contributed by atoms with E-state index >= 15 is 0 Å². The summed E-state index contributed by atoms with van der Waals surface area (Å²) in [7, 11) is 1.78. The number of hydrogen-bond acceptors (Lipinski definition) is 5. The summed E-state index contributed by atoms with van der Waals surface area (Å²) in [5, 5.41) is 3.90. The zero-order chi connectivity index (χ0) is 16.5. The second-order valence-corrected chi connectivity index (χ2v) is 7.36. The topological polar surface area (TPSA) is 45.9 Å². The van der Waals surface area contributed by atoms with Crippen LogP contribution >= 0.6 is 11.3 Å². The second kappa shape index (κ2) is 6.70. The number of piperidine rings is 1. The molecule has 128 valence electrons. The van der Waals surface area contributed by atoms with Crippen LogP contribution in [0.15, 0.2) is 39.6 Å². The van der Waals surface area contributed by atoms with Gasteiger partial charge in [-0.05, 0) is 30.0 Å². The predicted molar refractivity (Wildman–Crippen MR) is 92.0 cm³/mol. The normalized spacial score (nSPS) is 27.4. The molecule has 0 spiro atoms. The standard InChI is InChI=1S/C18H22N2O3S/c1-22-17-4-6-20(18(21)13-5-8-24-12-13)16-11-19(10-15(16)17)9-14-3-2-7-23-14/h2-3,5,7-8,12,15-17H,4,6,9-11H2,1H3/t15-,16+,17-/m1/s1. The van der Waals surface area contributed by atoms with Crippen LogP contribution in [0.25, 0.3) is 0 Å². The van der Waals surface area contributed by atoms with Crippen LogP contribution in [0, 0.1) is 5.92 Å². The summed E-state index contributed by atoms with van der Waals surface area (Å²) >= 11 is 1.57. The van der Waals surface area contributed by atoms with Crippen molar-refractivity contribution in [1.82, 2.24) is 9.80 Å². The molecular formula is C18H22N2O3S. The van der Waals surface area contributed by atoms with Crippen molar-refractivity contribution in [1.29, 1.82) is 0 Å². The van der Waals surface area contributed by atoms with Gasteiger partial charge in [0.25, 0.3) is 5.91 Å². The van der Waals surface area contributed by atoms with Crippen LogP contribution in [0.3, 0.4) is 0 Å². The van der Waals surface area contributed by atoms with Gasteiger partial charge in [0.2, 0.25) is 0 Å². The minimum absolute atomic E-state index is 0.153. The number of rotatable bonds is 4. The van der Waals surface area contributed by atoms with Gasteiger partial charge in [0, 0.05) is 38.0 Å². The van der Waals surface area contributed by atoms with Crippen molar-refractivity contribution in [3.05, 3.63) is 46.5 Å². The number of ether oxygens (including phenoxy) is 1. The molecule has 4 rings (SSSR count). The van der Waals surface area contributed by atoms with Crippen molar-refractivity contribution in [2.24, 2.45) is 5.92 Å². The fourth-order valence-corrected chi connectivity index (χ4v) is 4.71. The molecule has 24 heavy (non-hydrogen) atoms. The van der Waals surface area contributed by atoms with Crippen LogP contribution in [0.5, 0.6) is 0 Å². The average Bonchev–Trinajstić information content (AvgIpc) is 3.34. The molecule has 2 fully saturated rings. The van der Waals surface area contributed by atoms with Crippen LogP contribution in [0.1, 0.15) is 22.5 Å². The van der Waals surface area contributed by atoms with Crippen LogP contribution < -0.4 is 0 Å². The number of carbonyl (C=O) groups excluding carboxylic acids is 1. The van der Waals surface area contributed by atoms with Crippen molar-refractivity contribution in [3.8, 4) is 0 Å². The first-order valence-corrected chi connectivity index (χ1v) is 9.31. The summed E-state index contributed by atoms with van der Waals surface area (Å²) in [4.78, 5) is 17.3. The van der Waals surface area contributed by atoms with Crippen molar-refractivity contribution in [2.45, 2.75) is 25.1 Å². The van der Waals surface area contributed by atoms with E-state index in [0.717, 1.165) is 43.9 Å². The van der Waals surface area contributed by atoms with Crippen LogP contribution in [0.4, 0.5) is 0 Å². The number of carbonyl (C=O) groups is 1. The number of amides is 1. The lowest BCUT2D eigenvalue weighted by Gasteiger charge is -2.41. The molecule has 2 aromatic rings. The number of methoxy groups -OCH3 is 1. The highest BCUT2D eigenvalue weighted by Gasteiger charge is 2.46. The maximum atomic E-state index is 12.9. The summed E-state index contributed by atoms with van der Waals surface area (Å²) in [6.07, 6.45) is 2.84. The fraction of sp³-hybridized carbons (Fsp3) is 0.500. The molecule has 0 aliphatic carbocycles. The maximum Gasteiger partial charge on any atom is 0.255 e. The Balaban J connectivity index is 1.52. The molecule has 0 bridgehead atoms. The largest absolute Gasteiger partial charge is 0.468 e. The summed E-state index contributed by atoms with van der Waals surface area (Å²) in [5.41, 5.74) is 0.805. The number of thiophene rings is 1. The zero-order valence-electron chi connectivity index (χ0n) is 13.8. The van der Waals surface area contributed by atoms with Gasteiger partial charge in [-0.2, -0.15) is 11.3 Å². The van der Waals surface area contributed by atoms with Gasteiger partial charge < -0.3 is 14.1 Å². The molecule has 0 unspecified atom stereocenters. The Bertz CT molecular complexity index is 671. The quantitative estimate of drug-likeness (QED) is 0.854. The van der Waals surface area contributed by atoms with E-state index in [9.17, 15) is 4.79 Å². The smallest absolute Gasteiger partial charge is 0.255 e. The van der Waals surface area contributed by atoms with E-state index in [2.05, 4.69) is 9.80 Å². The molecule has 0 saturated carbocycles. The van der Waals surface area contributed by atoms with E-state index in [4.69, 9.17) is 9.15 Å². The lowest BCUT2D eigenvalue weighted by atomic mass is 9.88. The Morgan fingerprint density at radius 3 is 3.04 bits per heavy atom. The molecule has 2 aliphatic heterocycles. The molecule has 2 aromatic heterocycles.